The van der Waals surface area contributed by atoms with E-state index in [0.717, 1.165) is 12.8 Å². The fraction of sp³-hybridized carbons (Fsp3) is 0.944. The van der Waals surface area contributed by atoms with E-state index in [2.05, 4.69) is 6.92 Å². The van der Waals surface area contributed by atoms with Crippen molar-refractivity contribution in [3.8, 4) is 0 Å². The van der Waals surface area contributed by atoms with Crippen LogP contribution in [0, 0.1) is 0 Å². The molecule has 0 rings (SSSR count). The van der Waals surface area contributed by atoms with Crippen molar-refractivity contribution in [1.29, 1.82) is 0 Å². The first-order valence-electron chi connectivity index (χ1n) is 9.77. The summed E-state index contributed by atoms with van der Waals surface area (Å²) in [7, 11) is -4.64. The molecule has 156 valence electrons. The first kappa shape index (κ1) is 36.6. The predicted octanol–water partition coefficient (Wildman–Crippen LogP) is 4.11. The Kier molecular flexibility index (Phi) is 38.2. The molecule has 27 heavy (non-hydrogen) atoms. The molecular formula is C18H41KNaO6P. The molecule has 0 aliphatic rings. The molecule has 0 unspecified atom stereocenters. The van der Waals surface area contributed by atoms with Crippen LogP contribution in [0.3, 0.4) is 0 Å². The van der Waals surface area contributed by atoms with Gasteiger partial charge in [0, 0.05) is 6.42 Å². The summed E-state index contributed by atoms with van der Waals surface area (Å²) in [4.78, 5) is 31.9. The number of hydrogen-bond donors (Lipinski definition) is 4. The third kappa shape index (κ3) is 52.5. The van der Waals surface area contributed by atoms with Crippen LogP contribution in [-0.2, 0) is 9.36 Å². The molecule has 0 saturated heterocycles. The molecule has 0 heterocycles. The Balaban J connectivity index is -0.000000333. The topological polar surface area (TPSA) is 115 Å². The number of carboxylic acid groups (broad SMARTS) is 1. The summed E-state index contributed by atoms with van der Waals surface area (Å²) in [5.74, 6) is -0.653. The second kappa shape index (κ2) is 28.2. The molecule has 0 aromatic heterocycles. The van der Waals surface area contributed by atoms with Gasteiger partial charge in [0.25, 0.3) is 0 Å². The number of carbonyl (C=O) groups is 1. The van der Waals surface area contributed by atoms with Crippen molar-refractivity contribution >= 4 is 94.7 Å². The van der Waals surface area contributed by atoms with Crippen molar-refractivity contribution in [3.63, 3.8) is 0 Å². The van der Waals surface area contributed by atoms with E-state index in [1.165, 1.54) is 83.5 Å². The van der Waals surface area contributed by atoms with Gasteiger partial charge in [-0.1, -0.05) is 96.8 Å². The van der Waals surface area contributed by atoms with Crippen LogP contribution < -0.4 is 0 Å². The molecule has 9 heteroatoms. The van der Waals surface area contributed by atoms with Crippen molar-refractivity contribution in [3.05, 3.63) is 0 Å². The molecule has 0 saturated carbocycles. The number of unbranched alkanes of at least 4 members (excludes halogenated alkanes) is 14. The SMILES string of the molecule is CCCCCCCCCCCCCCCCCC(=O)O.O=P(O)(O)O.[KH].[NaH]. The first-order valence-corrected chi connectivity index (χ1v) is 11.3. The van der Waals surface area contributed by atoms with E-state index in [9.17, 15) is 4.79 Å². The van der Waals surface area contributed by atoms with E-state index in [1.807, 2.05) is 0 Å². The standard InChI is InChI=1S/C18H36O2.K.Na.H3O4P.2H/c1-2-3-4-5-6-7-8-9-10-11-12-13-14-15-16-17-18(19)20;;;1-5(2,3)4;;/h2-17H2,1H3,(H,19,20);;;(H3,1,2,3,4);;. The minimum absolute atomic E-state index is 0. The van der Waals surface area contributed by atoms with Gasteiger partial charge in [-0.05, 0) is 6.42 Å². The number of aliphatic carboxylic acids is 1. The zero-order valence-corrected chi connectivity index (χ0v) is 16.8. The third-order valence-electron chi connectivity index (χ3n) is 3.99. The van der Waals surface area contributed by atoms with Gasteiger partial charge in [-0.15, -0.1) is 0 Å². The number of hydrogen-bond acceptors (Lipinski definition) is 2. The second-order valence-electron chi connectivity index (χ2n) is 6.61. The van der Waals surface area contributed by atoms with Crippen molar-refractivity contribution in [2.24, 2.45) is 0 Å². The molecule has 0 fully saturated rings. The molecule has 0 bridgehead atoms. The first-order chi connectivity index (χ1) is 11.8. The van der Waals surface area contributed by atoms with Gasteiger partial charge < -0.3 is 19.8 Å². The van der Waals surface area contributed by atoms with Crippen molar-refractivity contribution in [2.75, 3.05) is 0 Å². The molecule has 0 spiro atoms. The number of rotatable bonds is 16. The van der Waals surface area contributed by atoms with Gasteiger partial charge in [0.05, 0.1) is 0 Å². The van der Waals surface area contributed by atoms with Crippen LogP contribution in [0.2, 0.25) is 0 Å². The Morgan fingerprint density at radius 3 is 1.11 bits per heavy atom. The molecular weight excluding hydrogens is 405 g/mol. The van der Waals surface area contributed by atoms with Crippen molar-refractivity contribution in [2.45, 2.75) is 110 Å². The Hall–Kier alpha value is 2.22. The molecule has 0 atom stereocenters. The molecule has 4 N–H and O–H groups in total. The van der Waals surface area contributed by atoms with Crippen molar-refractivity contribution < 1.29 is 29.1 Å². The van der Waals surface area contributed by atoms with Crippen LogP contribution in [0.1, 0.15) is 110 Å². The fourth-order valence-corrected chi connectivity index (χ4v) is 2.65. The molecule has 0 aromatic carbocycles. The van der Waals surface area contributed by atoms with Gasteiger partial charge in [-0.2, -0.15) is 0 Å². The van der Waals surface area contributed by atoms with Crippen LogP contribution in [0.4, 0.5) is 0 Å². The van der Waals surface area contributed by atoms with Crippen molar-refractivity contribution in [1.82, 2.24) is 0 Å². The predicted molar refractivity (Wildman–Crippen MR) is 116 cm³/mol. The van der Waals surface area contributed by atoms with E-state index >= 15 is 0 Å². The van der Waals surface area contributed by atoms with Crippen LogP contribution >= 0.6 is 7.82 Å². The minimum atomic E-state index is -4.64. The Bertz CT molecular complexity index is 334. The number of carboxylic acids is 1. The molecule has 0 aliphatic heterocycles. The molecule has 0 aliphatic carbocycles. The maximum absolute atomic E-state index is 10.3. The van der Waals surface area contributed by atoms with Gasteiger partial charge in [0.2, 0.25) is 0 Å². The van der Waals surface area contributed by atoms with Crippen LogP contribution in [0.25, 0.3) is 0 Å². The van der Waals surface area contributed by atoms with Crippen LogP contribution in [-0.4, -0.2) is 107 Å². The normalized spacial score (nSPS) is 10.2. The van der Waals surface area contributed by atoms with Crippen LogP contribution in [0.5, 0.6) is 0 Å². The Morgan fingerprint density at radius 1 is 0.667 bits per heavy atom. The summed E-state index contributed by atoms with van der Waals surface area (Å²) in [6, 6.07) is 0. The second-order valence-corrected chi connectivity index (χ2v) is 7.63. The molecule has 0 aromatic rings. The van der Waals surface area contributed by atoms with Gasteiger partial charge >= 0.3 is 94.7 Å². The van der Waals surface area contributed by atoms with Gasteiger partial charge in [-0.25, -0.2) is 4.57 Å². The van der Waals surface area contributed by atoms with Crippen LogP contribution in [0.15, 0.2) is 0 Å². The average molecular weight is 447 g/mol. The quantitative estimate of drug-likeness (QED) is 0.161. The maximum atomic E-state index is 10.3. The third-order valence-corrected chi connectivity index (χ3v) is 3.99. The summed E-state index contributed by atoms with van der Waals surface area (Å²) in [5.41, 5.74) is 0. The van der Waals surface area contributed by atoms with Gasteiger partial charge in [-0.3, -0.25) is 4.79 Å². The number of phosphoric acid groups is 1. The zero-order chi connectivity index (χ0) is 19.4. The summed E-state index contributed by atoms with van der Waals surface area (Å²) in [6.07, 6.45) is 20.2. The Labute approximate surface area is 230 Å². The molecule has 0 amide bonds. The van der Waals surface area contributed by atoms with E-state index < -0.39 is 13.8 Å². The Morgan fingerprint density at radius 2 is 0.889 bits per heavy atom. The average Bonchev–Trinajstić information content (AvgIpc) is 2.49. The van der Waals surface area contributed by atoms with E-state index in [1.54, 1.807) is 0 Å². The monoisotopic (exact) mass is 446 g/mol. The van der Waals surface area contributed by atoms with E-state index in [4.69, 9.17) is 24.4 Å². The molecule has 0 radical (unpaired) electrons. The van der Waals surface area contributed by atoms with E-state index in [0.29, 0.717) is 6.42 Å². The van der Waals surface area contributed by atoms with Gasteiger partial charge in [0.15, 0.2) is 0 Å². The fourth-order valence-electron chi connectivity index (χ4n) is 2.65. The summed E-state index contributed by atoms with van der Waals surface area (Å²) >= 11 is 0. The summed E-state index contributed by atoms with van der Waals surface area (Å²) in [5, 5.41) is 8.52. The van der Waals surface area contributed by atoms with Gasteiger partial charge in [0.1, 0.15) is 0 Å². The van der Waals surface area contributed by atoms with E-state index in [-0.39, 0.29) is 80.9 Å². The summed E-state index contributed by atoms with van der Waals surface area (Å²) in [6.45, 7) is 2.27. The summed E-state index contributed by atoms with van der Waals surface area (Å²) < 4.78 is 8.88. The zero-order valence-electron chi connectivity index (χ0n) is 15.9. The molecule has 6 nitrogen and oxygen atoms in total.